The smallest absolute Gasteiger partial charge is 0.338 e. The molecule has 0 bridgehead atoms. The topological polar surface area (TPSA) is 74.7 Å². The Balaban J connectivity index is 2.39. The second-order valence-corrected chi connectivity index (χ2v) is 7.00. The number of carboxylic acids is 1. The van der Waals surface area contributed by atoms with Gasteiger partial charge < -0.3 is 5.11 Å². The first-order valence-electron chi connectivity index (χ1n) is 6.35. The normalized spacial score (nSPS) is 20.8. The van der Waals surface area contributed by atoms with Gasteiger partial charge in [-0.15, -0.1) is 0 Å². The number of piperidine rings is 1. The third-order valence-electron chi connectivity index (χ3n) is 3.43. The van der Waals surface area contributed by atoms with E-state index in [1.165, 1.54) is 4.31 Å². The van der Waals surface area contributed by atoms with Gasteiger partial charge in [-0.05, 0) is 37.0 Å². The molecule has 0 spiro atoms. The van der Waals surface area contributed by atoms with Crippen molar-refractivity contribution in [3.8, 4) is 0 Å². The number of carboxylic acid groups (broad SMARTS) is 1. The van der Waals surface area contributed by atoms with Gasteiger partial charge in [-0.2, -0.15) is 4.31 Å². The van der Waals surface area contributed by atoms with Crippen molar-refractivity contribution in [1.82, 2.24) is 4.31 Å². The molecule has 1 saturated heterocycles. The van der Waals surface area contributed by atoms with E-state index in [2.05, 4.69) is 0 Å². The van der Waals surface area contributed by atoms with E-state index in [4.69, 9.17) is 5.11 Å². The molecule has 1 heterocycles. The van der Waals surface area contributed by atoms with Crippen molar-refractivity contribution in [3.05, 3.63) is 29.6 Å². The summed E-state index contributed by atoms with van der Waals surface area (Å²) in [6.07, 6.45) is 1.74. The second kappa shape index (κ2) is 5.49. The maximum Gasteiger partial charge on any atom is 0.338 e. The molecule has 1 aromatic carbocycles. The van der Waals surface area contributed by atoms with Gasteiger partial charge in [0.25, 0.3) is 0 Å². The minimum atomic E-state index is -3.76. The predicted octanol–water partition coefficient (Wildman–Crippen LogP) is 1.94. The summed E-state index contributed by atoms with van der Waals surface area (Å²) in [6, 6.07) is 2.87. The molecule has 7 heteroatoms. The molecule has 0 aromatic heterocycles. The quantitative estimate of drug-likeness (QED) is 0.926. The van der Waals surface area contributed by atoms with E-state index >= 15 is 0 Å². The lowest BCUT2D eigenvalue weighted by molar-refractivity contribution is 0.0691. The summed E-state index contributed by atoms with van der Waals surface area (Å²) < 4.78 is 39.5. The van der Waals surface area contributed by atoms with Crippen molar-refractivity contribution < 1.29 is 22.7 Å². The first-order valence-corrected chi connectivity index (χ1v) is 7.79. The number of hydrogen-bond donors (Lipinski definition) is 1. The molecular weight excluding hydrogens is 285 g/mol. The lowest BCUT2D eigenvalue weighted by Gasteiger charge is -2.30. The molecule has 1 aromatic rings. The highest BCUT2D eigenvalue weighted by Crippen LogP contribution is 2.24. The van der Waals surface area contributed by atoms with Gasteiger partial charge in [0.2, 0.25) is 10.0 Å². The SMILES string of the molecule is CC1CCCN(S(=O)(=O)c2ccc(F)c(C(=O)O)c2)C1. The van der Waals surface area contributed by atoms with Crippen LogP contribution in [-0.4, -0.2) is 36.9 Å². The van der Waals surface area contributed by atoms with Gasteiger partial charge in [-0.25, -0.2) is 17.6 Å². The van der Waals surface area contributed by atoms with Gasteiger partial charge in [-0.3, -0.25) is 0 Å². The van der Waals surface area contributed by atoms with E-state index in [0.717, 1.165) is 31.0 Å². The van der Waals surface area contributed by atoms with Gasteiger partial charge in [-0.1, -0.05) is 6.92 Å². The molecule has 20 heavy (non-hydrogen) atoms. The molecule has 0 aliphatic carbocycles. The number of carbonyl (C=O) groups is 1. The zero-order valence-corrected chi connectivity index (χ0v) is 11.9. The van der Waals surface area contributed by atoms with Crippen LogP contribution in [0.1, 0.15) is 30.1 Å². The number of benzene rings is 1. The summed E-state index contributed by atoms with van der Waals surface area (Å²) in [6.45, 7) is 2.78. The number of rotatable bonds is 3. The van der Waals surface area contributed by atoms with Crippen molar-refractivity contribution in [1.29, 1.82) is 0 Å². The first-order chi connectivity index (χ1) is 9.32. The number of aromatic carboxylic acids is 1. The third-order valence-corrected chi connectivity index (χ3v) is 5.29. The molecule has 1 atom stereocenters. The Hall–Kier alpha value is -1.47. The fourth-order valence-corrected chi connectivity index (χ4v) is 3.97. The number of halogens is 1. The zero-order valence-electron chi connectivity index (χ0n) is 11.0. The number of hydrogen-bond acceptors (Lipinski definition) is 3. The van der Waals surface area contributed by atoms with Crippen LogP contribution >= 0.6 is 0 Å². The van der Waals surface area contributed by atoms with E-state index in [0.29, 0.717) is 13.1 Å². The molecule has 1 aliphatic heterocycles. The summed E-state index contributed by atoms with van der Waals surface area (Å²) >= 11 is 0. The second-order valence-electron chi connectivity index (χ2n) is 5.06. The van der Waals surface area contributed by atoms with Gasteiger partial charge >= 0.3 is 5.97 Å². The van der Waals surface area contributed by atoms with Crippen LogP contribution in [0.15, 0.2) is 23.1 Å². The Kier molecular flexibility index (Phi) is 4.10. The first kappa shape index (κ1) is 14.9. The summed E-state index contributed by atoms with van der Waals surface area (Å²) in [5, 5.41) is 8.86. The van der Waals surface area contributed by atoms with Crippen molar-refractivity contribution >= 4 is 16.0 Å². The van der Waals surface area contributed by atoms with Crippen LogP contribution in [0.25, 0.3) is 0 Å². The highest BCUT2D eigenvalue weighted by atomic mass is 32.2. The zero-order chi connectivity index (χ0) is 14.9. The highest BCUT2D eigenvalue weighted by Gasteiger charge is 2.29. The van der Waals surface area contributed by atoms with Crippen molar-refractivity contribution in [2.75, 3.05) is 13.1 Å². The molecule has 5 nitrogen and oxygen atoms in total. The van der Waals surface area contributed by atoms with Crippen molar-refractivity contribution in [2.24, 2.45) is 5.92 Å². The molecule has 110 valence electrons. The van der Waals surface area contributed by atoms with Crippen LogP contribution in [0.4, 0.5) is 4.39 Å². The van der Waals surface area contributed by atoms with Crippen LogP contribution in [0, 0.1) is 11.7 Å². The van der Waals surface area contributed by atoms with Crippen LogP contribution in [0.2, 0.25) is 0 Å². The van der Waals surface area contributed by atoms with Gasteiger partial charge in [0.1, 0.15) is 5.82 Å². The molecule has 2 rings (SSSR count). The fraction of sp³-hybridized carbons (Fsp3) is 0.462. The average molecular weight is 301 g/mol. The van der Waals surface area contributed by atoms with Crippen LogP contribution < -0.4 is 0 Å². The molecular formula is C13H16FNO4S. The molecule has 1 aliphatic rings. The molecule has 0 amide bonds. The molecule has 0 radical (unpaired) electrons. The van der Waals surface area contributed by atoms with Gasteiger partial charge in [0.05, 0.1) is 10.5 Å². The van der Waals surface area contributed by atoms with E-state index < -0.39 is 27.4 Å². The van der Waals surface area contributed by atoms with E-state index in [1.807, 2.05) is 6.92 Å². The van der Waals surface area contributed by atoms with Gasteiger partial charge in [0, 0.05) is 13.1 Å². The van der Waals surface area contributed by atoms with Gasteiger partial charge in [0.15, 0.2) is 0 Å². The Morgan fingerprint density at radius 2 is 2.15 bits per heavy atom. The molecule has 1 N–H and O–H groups in total. The lowest BCUT2D eigenvalue weighted by atomic mass is 10.0. The lowest BCUT2D eigenvalue weighted by Crippen LogP contribution is -2.39. The largest absolute Gasteiger partial charge is 0.478 e. The standard InChI is InChI=1S/C13H16FNO4S/c1-9-3-2-6-15(8-9)20(18,19)10-4-5-12(14)11(7-10)13(16)17/h4-5,7,9H,2-3,6,8H2,1H3,(H,16,17). The summed E-state index contributed by atoms with van der Waals surface area (Å²) in [5.41, 5.74) is -0.629. The molecule has 1 unspecified atom stereocenters. The van der Waals surface area contributed by atoms with Crippen LogP contribution in [0.3, 0.4) is 0 Å². The number of nitrogens with zero attached hydrogens (tertiary/aromatic N) is 1. The Labute approximate surface area is 117 Å². The average Bonchev–Trinajstić information content (AvgIpc) is 2.38. The maximum absolute atomic E-state index is 13.3. The highest BCUT2D eigenvalue weighted by molar-refractivity contribution is 7.89. The minimum Gasteiger partial charge on any atom is -0.478 e. The monoisotopic (exact) mass is 301 g/mol. The predicted molar refractivity (Wildman–Crippen MR) is 70.5 cm³/mol. The molecule has 1 fully saturated rings. The Bertz CT molecular complexity index is 629. The maximum atomic E-state index is 13.3. The van der Waals surface area contributed by atoms with Crippen molar-refractivity contribution in [2.45, 2.75) is 24.7 Å². The summed E-state index contributed by atoms with van der Waals surface area (Å²) in [7, 11) is -3.76. The van der Waals surface area contributed by atoms with Crippen molar-refractivity contribution in [3.63, 3.8) is 0 Å². The van der Waals surface area contributed by atoms with E-state index in [-0.39, 0.29) is 10.8 Å². The Morgan fingerprint density at radius 1 is 1.45 bits per heavy atom. The third kappa shape index (κ3) is 2.83. The van der Waals surface area contributed by atoms with E-state index in [1.54, 1.807) is 0 Å². The van der Waals surface area contributed by atoms with Crippen LogP contribution in [0.5, 0.6) is 0 Å². The Morgan fingerprint density at radius 3 is 2.75 bits per heavy atom. The summed E-state index contributed by atoms with van der Waals surface area (Å²) in [4.78, 5) is 10.7. The summed E-state index contributed by atoms with van der Waals surface area (Å²) in [5.74, 6) is -2.16. The minimum absolute atomic E-state index is 0.176. The van der Waals surface area contributed by atoms with E-state index in [9.17, 15) is 17.6 Å². The number of sulfonamides is 1. The fourth-order valence-electron chi connectivity index (χ4n) is 2.34. The molecule has 0 saturated carbocycles. The van der Waals surface area contributed by atoms with Crippen LogP contribution in [-0.2, 0) is 10.0 Å².